The lowest BCUT2D eigenvalue weighted by atomic mass is 9.83. The van der Waals surface area contributed by atoms with E-state index in [0.717, 1.165) is 16.7 Å². The Labute approximate surface area is 262 Å². The Morgan fingerprint density at radius 1 is 0.477 bits per heavy atom. The summed E-state index contributed by atoms with van der Waals surface area (Å²) in [5.74, 6) is 0. The maximum absolute atomic E-state index is 4.24. The molecule has 0 aromatic heterocycles. The van der Waals surface area contributed by atoms with Crippen LogP contribution in [0.3, 0.4) is 0 Å². The Bertz CT molecular complexity index is 1980. The quantitative estimate of drug-likeness (QED) is 0.117. The number of hydrogen-bond donors (Lipinski definition) is 0. The van der Waals surface area contributed by atoms with Crippen LogP contribution < -0.4 is 10.6 Å². The lowest BCUT2D eigenvalue weighted by molar-refractivity contribution is 1.57. The molecule has 0 radical (unpaired) electrons. The van der Waals surface area contributed by atoms with Crippen molar-refractivity contribution in [3.63, 3.8) is 0 Å². The first-order chi connectivity index (χ1) is 21.7. The summed E-state index contributed by atoms with van der Waals surface area (Å²) in [4.78, 5) is 0. The fourth-order valence-corrected chi connectivity index (χ4v) is 8.38. The third-order valence-corrected chi connectivity index (χ3v) is 10.8. The molecule has 0 nitrogen and oxygen atoms in total. The van der Waals surface area contributed by atoms with Gasteiger partial charge in [-0.1, -0.05) is 178 Å². The van der Waals surface area contributed by atoms with Gasteiger partial charge < -0.3 is 0 Å². The molecule has 0 fully saturated rings. The summed E-state index contributed by atoms with van der Waals surface area (Å²) in [5, 5.41) is 6.34. The SMILES string of the molecule is C=C/C(=C\C)P(c1ccccc1)c1ccc(-c2ccc(-c3c(C=C)c(C=C)c(-c4ccccc4)c4ccccc34)cc2)cc1. The van der Waals surface area contributed by atoms with Gasteiger partial charge in [-0.05, 0) is 86.0 Å². The topological polar surface area (TPSA) is 0 Å². The summed E-state index contributed by atoms with van der Waals surface area (Å²) in [7, 11) is -0.653. The molecule has 0 saturated carbocycles. The van der Waals surface area contributed by atoms with E-state index >= 15 is 0 Å². The van der Waals surface area contributed by atoms with Gasteiger partial charge in [-0.2, -0.15) is 0 Å². The first-order valence-electron chi connectivity index (χ1n) is 14.9. The number of benzene rings is 6. The van der Waals surface area contributed by atoms with Crippen LogP contribution in [-0.2, 0) is 0 Å². The summed E-state index contributed by atoms with van der Waals surface area (Å²) in [6, 6.07) is 47.9. The van der Waals surface area contributed by atoms with E-state index in [1.54, 1.807) is 0 Å². The van der Waals surface area contributed by atoms with Gasteiger partial charge in [-0.15, -0.1) is 0 Å². The molecule has 0 spiro atoms. The van der Waals surface area contributed by atoms with E-state index in [2.05, 4.69) is 166 Å². The van der Waals surface area contributed by atoms with Gasteiger partial charge >= 0.3 is 0 Å². The molecular formula is C43H35P. The highest BCUT2D eigenvalue weighted by Crippen LogP contribution is 2.45. The molecule has 0 saturated heterocycles. The van der Waals surface area contributed by atoms with E-state index < -0.39 is 7.92 Å². The highest BCUT2D eigenvalue weighted by atomic mass is 31.1. The van der Waals surface area contributed by atoms with E-state index in [1.807, 2.05) is 18.2 Å². The standard InChI is InChI=1S/C43H35P/c1-5-35(6-2)44(36-19-13-10-14-20-36)37-29-27-32(28-30-37)31-23-25-34(26-24-31)43-39(8-4)38(7-3)42(33-17-11-9-12-18-33)40-21-15-16-22-41(40)43/h5-30H,1,3-4H2,2H3/b35-6+. The summed E-state index contributed by atoms with van der Waals surface area (Å²) in [6.07, 6.45) is 8.13. The minimum absolute atomic E-state index is 0.653. The van der Waals surface area contributed by atoms with Crippen molar-refractivity contribution in [2.24, 2.45) is 0 Å². The van der Waals surface area contributed by atoms with Crippen LogP contribution >= 0.6 is 7.92 Å². The Kier molecular flexibility index (Phi) is 8.64. The van der Waals surface area contributed by atoms with Crippen molar-refractivity contribution in [2.45, 2.75) is 6.92 Å². The maximum atomic E-state index is 4.24. The van der Waals surface area contributed by atoms with Crippen molar-refractivity contribution >= 4 is 41.5 Å². The molecule has 0 aliphatic rings. The van der Waals surface area contributed by atoms with E-state index in [1.165, 1.54) is 54.5 Å². The molecule has 0 aliphatic carbocycles. The maximum Gasteiger partial charge on any atom is -0.00266 e. The minimum atomic E-state index is -0.653. The molecule has 1 unspecified atom stereocenters. The number of allylic oxidation sites excluding steroid dienone is 3. The fraction of sp³-hybridized carbons (Fsp3) is 0.0233. The predicted molar refractivity (Wildman–Crippen MR) is 197 cm³/mol. The molecule has 1 heteroatoms. The van der Waals surface area contributed by atoms with Crippen LogP contribution in [0.15, 0.2) is 171 Å². The molecule has 0 heterocycles. The van der Waals surface area contributed by atoms with Crippen molar-refractivity contribution in [1.82, 2.24) is 0 Å². The van der Waals surface area contributed by atoms with Crippen LogP contribution in [0.4, 0.5) is 0 Å². The second-order valence-electron chi connectivity index (χ2n) is 10.6. The smallest absolute Gasteiger partial charge is 0.00266 e. The van der Waals surface area contributed by atoms with Crippen LogP contribution in [0.2, 0.25) is 0 Å². The molecule has 6 aromatic rings. The van der Waals surface area contributed by atoms with Gasteiger partial charge in [0.1, 0.15) is 0 Å². The monoisotopic (exact) mass is 582 g/mol. The first-order valence-corrected chi connectivity index (χ1v) is 16.3. The van der Waals surface area contributed by atoms with Crippen LogP contribution in [0, 0.1) is 0 Å². The van der Waals surface area contributed by atoms with E-state index in [0.29, 0.717) is 0 Å². The van der Waals surface area contributed by atoms with E-state index in [9.17, 15) is 0 Å². The van der Waals surface area contributed by atoms with Crippen molar-refractivity contribution < 1.29 is 0 Å². The van der Waals surface area contributed by atoms with Crippen LogP contribution in [0.1, 0.15) is 18.1 Å². The van der Waals surface area contributed by atoms with Crippen molar-refractivity contribution in [3.05, 3.63) is 182 Å². The summed E-state index contributed by atoms with van der Waals surface area (Å²) in [6.45, 7) is 14.7. The van der Waals surface area contributed by atoms with Gasteiger partial charge in [-0.25, -0.2) is 0 Å². The first kappa shape index (κ1) is 29.1. The van der Waals surface area contributed by atoms with Crippen LogP contribution in [0.5, 0.6) is 0 Å². The Hall–Kier alpha value is -5.03. The molecule has 6 aromatic carbocycles. The second-order valence-corrected chi connectivity index (χ2v) is 12.8. The van der Waals surface area contributed by atoms with Gasteiger partial charge in [0.2, 0.25) is 0 Å². The molecule has 0 aliphatic heterocycles. The Morgan fingerprint density at radius 2 is 0.886 bits per heavy atom. The molecule has 1 atom stereocenters. The molecule has 0 amide bonds. The predicted octanol–water partition coefficient (Wildman–Crippen LogP) is 11.6. The molecule has 44 heavy (non-hydrogen) atoms. The van der Waals surface area contributed by atoms with Gasteiger partial charge in [0.05, 0.1) is 0 Å². The highest BCUT2D eigenvalue weighted by Gasteiger charge is 2.19. The van der Waals surface area contributed by atoms with Gasteiger partial charge in [0, 0.05) is 0 Å². The summed E-state index contributed by atoms with van der Waals surface area (Å²) >= 11 is 0. The largest absolute Gasteiger partial charge is 0.0984 e. The van der Waals surface area contributed by atoms with Crippen molar-refractivity contribution in [1.29, 1.82) is 0 Å². The molecule has 212 valence electrons. The highest BCUT2D eigenvalue weighted by molar-refractivity contribution is 7.77. The minimum Gasteiger partial charge on any atom is -0.0984 e. The summed E-state index contributed by atoms with van der Waals surface area (Å²) in [5.41, 5.74) is 9.31. The fourth-order valence-electron chi connectivity index (χ4n) is 6.12. The van der Waals surface area contributed by atoms with Crippen molar-refractivity contribution in [2.75, 3.05) is 0 Å². The summed E-state index contributed by atoms with van der Waals surface area (Å²) < 4.78 is 0. The zero-order valence-electron chi connectivity index (χ0n) is 25.1. The zero-order valence-corrected chi connectivity index (χ0v) is 26.0. The van der Waals surface area contributed by atoms with Crippen LogP contribution in [-0.4, -0.2) is 0 Å². The third kappa shape index (κ3) is 5.42. The third-order valence-electron chi connectivity index (χ3n) is 8.18. The number of hydrogen-bond acceptors (Lipinski definition) is 0. The average Bonchev–Trinajstić information content (AvgIpc) is 3.10. The van der Waals surface area contributed by atoms with Gasteiger partial charge in [0.15, 0.2) is 0 Å². The average molecular weight is 583 g/mol. The molecule has 0 N–H and O–H groups in total. The van der Waals surface area contributed by atoms with Crippen LogP contribution in [0.25, 0.3) is 56.3 Å². The normalized spacial score (nSPS) is 12.1. The molecule has 0 bridgehead atoms. The Balaban J connectivity index is 1.41. The lowest BCUT2D eigenvalue weighted by Gasteiger charge is -2.21. The Morgan fingerprint density at radius 3 is 1.36 bits per heavy atom. The lowest BCUT2D eigenvalue weighted by Crippen LogP contribution is -2.12. The zero-order chi connectivity index (χ0) is 30.5. The number of fused-ring (bicyclic) bond motifs is 1. The van der Waals surface area contributed by atoms with Crippen molar-refractivity contribution in [3.8, 4) is 33.4 Å². The van der Waals surface area contributed by atoms with E-state index in [-0.39, 0.29) is 0 Å². The molecule has 6 rings (SSSR count). The van der Waals surface area contributed by atoms with Gasteiger partial charge in [0.25, 0.3) is 0 Å². The number of rotatable bonds is 9. The molecular weight excluding hydrogens is 547 g/mol. The van der Waals surface area contributed by atoms with E-state index in [4.69, 9.17) is 0 Å². The second kappa shape index (κ2) is 13.1. The van der Waals surface area contributed by atoms with Gasteiger partial charge in [-0.3, -0.25) is 0 Å².